The van der Waals surface area contributed by atoms with Crippen LogP contribution in [0, 0.1) is 13.8 Å². The summed E-state index contributed by atoms with van der Waals surface area (Å²) >= 11 is 0. The van der Waals surface area contributed by atoms with Crippen molar-refractivity contribution in [2.75, 3.05) is 5.32 Å². The van der Waals surface area contributed by atoms with Crippen LogP contribution < -0.4 is 5.32 Å². The van der Waals surface area contributed by atoms with E-state index in [1.807, 2.05) is 0 Å². The number of benzene rings is 3. The normalized spacial score (nSPS) is 11.0. The number of aryl methyl sites for hydroxylation is 2. The number of fused-ring (bicyclic) bond motifs is 2. The lowest BCUT2D eigenvalue weighted by molar-refractivity contribution is 1.10. The lowest BCUT2D eigenvalue weighted by atomic mass is 10.0. The summed E-state index contributed by atoms with van der Waals surface area (Å²) in [5, 5.41) is 7.07. The third kappa shape index (κ3) is 2.92. The van der Waals surface area contributed by atoms with Crippen LogP contribution in [0.2, 0.25) is 0 Å². The molecule has 1 heterocycles. The monoisotopic (exact) mass is 339 g/mol. The second kappa shape index (κ2) is 6.60. The van der Waals surface area contributed by atoms with Crippen LogP contribution in [0.25, 0.3) is 27.8 Å². The second-order valence-corrected chi connectivity index (χ2v) is 6.58. The van der Waals surface area contributed by atoms with E-state index in [1.54, 1.807) is 6.08 Å². The van der Waals surface area contributed by atoms with Crippen LogP contribution in [0.5, 0.6) is 0 Å². The summed E-state index contributed by atoms with van der Waals surface area (Å²) in [4.78, 5) is 9.24. The van der Waals surface area contributed by atoms with E-state index in [9.17, 15) is 0 Å². The molecule has 1 N–H and O–H groups in total. The van der Waals surface area contributed by atoms with Gasteiger partial charge in [-0.2, -0.15) is 0 Å². The lowest BCUT2D eigenvalue weighted by Gasteiger charge is -2.13. The molecular weight excluding hydrogens is 318 g/mol. The van der Waals surface area contributed by atoms with Crippen molar-refractivity contribution in [3.63, 3.8) is 0 Å². The molecule has 0 saturated heterocycles. The maximum atomic E-state index is 4.65. The van der Waals surface area contributed by atoms with Gasteiger partial charge in [0.05, 0.1) is 5.52 Å². The summed E-state index contributed by atoms with van der Waals surface area (Å²) < 4.78 is 0. The molecule has 0 bridgehead atoms. The molecule has 3 heteroatoms. The van der Waals surface area contributed by atoms with E-state index in [0.717, 1.165) is 16.7 Å². The van der Waals surface area contributed by atoms with Crippen molar-refractivity contribution in [2.45, 2.75) is 20.4 Å². The van der Waals surface area contributed by atoms with E-state index in [0.29, 0.717) is 12.4 Å². The lowest BCUT2D eigenvalue weighted by Crippen LogP contribution is -2.05. The van der Waals surface area contributed by atoms with Gasteiger partial charge in [-0.05, 0) is 59.5 Å². The largest absolute Gasteiger partial charge is 0.365 e. The number of anilines is 1. The predicted octanol–water partition coefficient (Wildman–Crippen LogP) is 5.65. The number of rotatable bonds is 4. The van der Waals surface area contributed by atoms with Gasteiger partial charge in [0.1, 0.15) is 5.82 Å². The average Bonchev–Trinajstić information content (AvgIpc) is 2.67. The van der Waals surface area contributed by atoms with Gasteiger partial charge in [0.25, 0.3) is 0 Å². The summed E-state index contributed by atoms with van der Waals surface area (Å²) in [5.41, 5.74) is 4.66. The Labute approximate surface area is 153 Å². The van der Waals surface area contributed by atoms with Crippen molar-refractivity contribution in [2.24, 2.45) is 0 Å². The van der Waals surface area contributed by atoms with E-state index < -0.39 is 0 Å². The smallest absolute Gasteiger partial charge is 0.154 e. The molecule has 128 valence electrons. The second-order valence-electron chi connectivity index (χ2n) is 6.58. The maximum Gasteiger partial charge on any atom is 0.154 e. The molecule has 0 amide bonds. The first-order valence-electron chi connectivity index (χ1n) is 8.77. The molecule has 0 aliphatic carbocycles. The molecule has 3 nitrogen and oxygen atoms in total. The van der Waals surface area contributed by atoms with Gasteiger partial charge in [-0.3, -0.25) is 0 Å². The SMILES string of the molecule is C=Cc1nc(NCc2cccc3ccccc23)c2cc(C)c(C)cc2n1. The van der Waals surface area contributed by atoms with E-state index in [4.69, 9.17) is 0 Å². The number of nitrogens with one attached hydrogen (secondary N) is 1. The molecule has 0 aliphatic heterocycles. The van der Waals surface area contributed by atoms with Crippen LogP contribution in [-0.2, 0) is 6.54 Å². The quantitative estimate of drug-likeness (QED) is 0.522. The summed E-state index contributed by atoms with van der Waals surface area (Å²) in [6.45, 7) is 8.75. The van der Waals surface area contributed by atoms with Crippen LogP contribution in [0.1, 0.15) is 22.5 Å². The first-order chi connectivity index (χ1) is 12.7. The van der Waals surface area contributed by atoms with Crippen molar-refractivity contribution >= 4 is 33.6 Å². The Kier molecular flexibility index (Phi) is 4.13. The van der Waals surface area contributed by atoms with E-state index >= 15 is 0 Å². The Bertz CT molecular complexity index is 1120. The first kappa shape index (κ1) is 16.3. The highest BCUT2D eigenvalue weighted by atomic mass is 15.0. The summed E-state index contributed by atoms with van der Waals surface area (Å²) in [6.07, 6.45) is 1.69. The minimum Gasteiger partial charge on any atom is -0.365 e. The summed E-state index contributed by atoms with van der Waals surface area (Å²) in [7, 11) is 0. The highest BCUT2D eigenvalue weighted by Crippen LogP contribution is 2.26. The van der Waals surface area contributed by atoms with Crippen molar-refractivity contribution < 1.29 is 0 Å². The van der Waals surface area contributed by atoms with E-state index in [2.05, 4.69) is 90.3 Å². The van der Waals surface area contributed by atoms with Crippen molar-refractivity contribution in [3.8, 4) is 0 Å². The van der Waals surface area contributed by atoms with Crippen LogP contribution in [0.15, 0.2) is 61.2 Å². The molecule has 3 aromatic carbocycles. The highest BCUT2D eigenvalue weighted by molar-refractivity contribution is 5.91. The molecule has 0 unspecified atom stereocenters. The van der Waals surface area contributed by atoms with Crippen molar-refractivity contribution in [3.05, 3.63) is 83.7 Å². The Morgan fingerprint density at radius 2 is 1.69 bits per heavy atom. The van der Waals surface area contributed by atoms with Gasteiger partial charge in [-0.1, -0.05) is 49.0 Å². The van der Waals surface area contributed by atoms with Crippen LogP contribution >= 0.6 is 0 Å². The zero-order chi connectivity index (χ0) is 18.1. The molecule has 0 saturated carbocycles. The Hall–Kier alpha value is -3.20. The van der Waals surface area contributed by atoms with Crippen LogP contribution in [0.4, 0.5) is 5.82 Å². The van der Waals surface area contributed by atoms with Gasteiger partial charge in [0.2, 0.25) is 0 Å². The Morgan fingerprint density at radius 1 is 0.923 bits per heavy atom. The van der Waals surface area contributed by atoms with E-state index in [1.165, 1.54) is 27.5 Å². The molecular formula is C23H21N3. The minimum atomic E-state index is 0.640. The zero-order valence-electron chi connectivity index (χ0n) is 15.1. The minimum absolute atomic E-state index is 0.640. The zero-order valence-corrected chi connectivity index (χ0v) is 15.1. The number of aromatic nitrogens is 2. The molecule has 0 radical (unpaired) electrons. The van der Waals surface area contributed by atoms with Gasteiger partial charge in [-0.15, -0.1) is 0 Å². The maximum absolute atomic E-state index is 4.65. The standard InChI is InChI=1S/C23H21N3/c1-4-22-25-21-13-16(3)15(2)12-20(21)23(26-22)24-14-18-10-7-9-17-8-5-6-11-19(17)18/h4-13H,1,14H2,2-3H3,(H,24,25,26). The molecule has 4 rings (SSSR count). The Balaban J connectivity index is 1.76. The van der Waals surface area contributed by atoms with Gasteiger partial charge in [0.15, 0.2) is 5.82 Å². The molecule has 0 spiro atoms. The highest BCUT2D eigenvalue weighted by Gasteiger charge is 2.09. The topological polar surface area (TPSA) is 37.8 Å². The fraction of sp³-hybridized carbons (Fsp3) is 0.130. The van der Waals surface area contributed by atoms with Crippen LogP contribution in [0.3, 0.4) is 0 Å². The molecule has 0 atom stereocenters. The third-order valence-corrected chi connectivity index (χ3v) is 4.84. The number of nitrogens with zero attached hydrogens (tertiary/aromatic N) is 2. The van der Waals surface area contributed by atoms with Crippen LogP contribution in [-0.4, -0.2) is 9.97 Å². The van der Waals surface area contributed by atoms with Crippen molar-refractivity contribution in [1.29, 1.82) is 0 Å². The first-order valence-corrected chi connectivity index (χ1v) is 8.77. The summed E-state index contributed by atoms with van der Waals surface area (Å²) in [5.74, 6) is 1.49. The predicted molar refractivity (Wildman–Crippen MR) is 110 cm³/mol. The summed E-state index contributed by atoms with van der Waals surface area (Å²) in [6, 6.07) is 19.1. The van der Waals surface area contributed by atoms with Gasteiger partial charge in [0, 0.05) is 11.9 Å². The molecule has 4 aromatic rings. The molecule has 0 fully saturated rings. The molecule has 26 heavy (non-hydrogen) atoms. The van der Waals surface area contributed by atoms with Gasteiger partial charge < -0.3 is 5.32 Å². The van der Waals surface area contributed by atoms with Gasteiger partial charge >= 0.3 is 0 Å². The fourth-order valence-corrected chi connectivity index (χ4v) is 3.26. The third-order valence-electron chi connectivity index (χ3n) is 4.84. The van der Waals surface area contributed by atoms with Crippen molar-refractivity contribution in [1.82, 2.24) is 9.97 Å². The Morgan fingerprint density at radius 3 is 2.54 bits per heavy atom. The fourth-order valence-electron chi connectivity index (χ4n) is 3.26. The number of hydrogen-bond donors (Lipinski definition) is 1. The van der Waals surface area contributed by atoms with Gasteiger partial charge in [-0.25, -0.2) is 9.97 Å². The van der Waals surface area contributed by atoms with E-state index in [-0.39, 0.29) is 0 Å². The molecule has 1 aromatic heterocycles. The average molecular weight is 339 g/mol. The number of hydrogen-bond acceptors (Lipinski definition) is 3. The molecule has 0 aliphatic rings.